The summed E-state index contributed by atoms with van der Waals surface area (Å²) in [6.45, 7) is 8.79. The number of alkyl halides is 3. The fraction of sp³-hybridized carbons (Fsp3) is 0.410. The van der Waals surface area contributed by atoms with E-state index in [1.165, 1.54) is 28.8 Å². The van der Waals surface area contributed by atoms with Crippen molar-refractivity contribution in [3.8, 4) is 6.26 Å². The zero-order valence-electron chi connectivity index (χ0n) is 38.0. The fourth-order valence-corrected chi connectivity index (χ4v) is 5.98. The van der Waals surface area contributed by atoms with Crippen LogP contribution in [0.3, 0.4) is 0 Å². The molecule has 0 unspecified atom stereocenters. The standard InChI is InChI=1S/C10H12FNO3S.2C10H13NO.C5H8FN2O2S.C3H3NO3.CHF3O3S.ClH.Na.H/c11-16(13,14)12-6-10(7-12)15-8-9-4-2-1-3-5-9;2*1-2-4-9(5-3-1)8-12-10-6-11-7-10;1-5-7(2)3-4-8(5)11(6,9)10;1-3(5)7-6-2-4;2-1(3,4)8(5,6)7;;;/h1-5,10H,6-8H2;2*1-5,10-11H,6-8H2;3-4H,1-2H3;1H3;(H,5,6,7);1H;;/q;;;+1;;;;+1;-1/p-1. The van der Waals surface area contributed by atoms with Gasteiger partial charge in [-0.05, 0) is 16.7 Å². The van der Waals surface area contributed by atoms with E-state index in [0.717, 1.165) is 68.6 Å². The van der Waals surface area contributed by atoms with E-state index < -0.39 is 42.4 Å². The van der Waals surface area contributed by atoms with Gasteiger partial charge in [0.15, 0.2) is 10.1 Å². The van der Waals surface area contributed by atoms with Crippen LogP contribution in [-0.4, -0.2) is 107 Å². The Morgan fingerprint density at radius 2 is 1.12 bits per heavy atom. The van der Waals surface area contributed by atoms with E-state index in [1.807, 2.05) is 66.7 Å². The Balaban J connectivity index is 0. The van der Waals surface area contributed by atoms with Crippen molar-refractivity contribution in [2.45, 2.75) is 57.5 Å². The normalized spacial score (nSPS) is 14.6. The molecule has 3 saturated heterocycles. The third kappa shape index (κ3) is 26.8. The number of rotatable bonds is 12. The van der Waals surface area contributed by atoms with Gasteiger partial charge in [-0.2, -0.15) is 34.3 Å². The summed E-state index contributed by atoms with van der Waals surface area (Å²) in [5, 5.41) is 13.9. The van der Waals surface area contributed by atoms with Gasteiger partial charge in [0.1, 0.15) is 12.4 Å². The van der Waals surface area contributed by atoms with E-state index in [-0.39, 0.29) is 62.6 Å². The molecular formula is C39H51ClF5N6NaO13S3. The number of hydrogen-bond acceptors (Lipinski definition) is 16. The van der Waals surface area contributed by atoms with Crippen molar-refractivity contribution in [2.75, 3.05) is 39.3 Å². The van der Waals surface area contributed by atoms with Crippen LogP contribution in [0, 0.1) is 18.4 Å². The summed E-state index contributed by atoms with van der Waals surface area (Å²) in [6.07, 6.45) is 4.45. The van der Waals surface area contributed by atoms with Gasteiger partial charge in [-0.15, -0.1) is 17.7 Å². The van der Waals surface area contributed by atoms with E-state index in [9.17, 15) is 42.6 Å². The smallest absolute Gasteiger partial charge is 1.00 e. The van der Waals surface area contributed by atoms with Crippen LogP contribution in [0.15, 0.2) is 103 Å². The van der Waals surface area contributed by atoms with Crippen LogP contribution in [0.5, 0.6) is 0 Å². The maximum Gasteiger partial charge on any atom is 1.00 e. The monoisotopic (exact) mass is 1060 g/mol. The van der Waals surface area contributed by atoms with Gasteiger partial charge >= 0.3 is 68.1 Å². The van der Waals surface area contributed by atoms with Crippen molar-refractivity contribution in [3.63, 3.8) is 0 Å². The molecule has 29 heteroatoms. The number of imidazole rings is 1. The summed E-state index contributed by atoms with van der Waals surface area (Å²) < 4.78 is 145. The Morgan fingerprint density at radius 3 is 1.32 bits per heavy atom. The number of nitrogens with one attached hydrogen (secondary N) is 2. The van der Waals surface area contributed by atoms with Gasteiger partial charge in [0.25, 0.3) is 5.82 Å². The molecular weight excluding hydrogens is 1010 g/mol. The summed E-state index contributed by atoms with van der Waals surface area (Å²) >= 11 is 0. The van der Waals surface area contributed by atoms with Crippen LogP contribution in [0.2, 0.25) is 0 Å². The SMILES string of the molecule is CC(=O)OOC#N.Cc1n(S(=O)(=O)F)cc[n+]1C.Cl.O=S(=O)(F)N1CC(OCc2ccccc2)C1.O=S(=O)([O-])C(F)(F)F.[H-].[Na+].c1ccc(COC2CNC2)cc1.c1ccc(COC2CNC2)cc1. The van der Waals surface area contributed by atoms with Crippen LogP contribution in [-0.2, 0) is 86.6 Å². The van der Waals surface area contributed by atoms with Crippen LogP contribution in [0.1, 0.15) is 30.9 Å². The molecule has 19 nitrogen and oxygen atoms in total. The minimum Gasteiger partial charge on any atom is -1.00 e. The number of benzene rings is 3. The number of hydrogen-bond donors (Lipinski definition) is 2. The Hall–Kier alpha value is -3.86. The molecule has 0 saturated carbocycles. The fourth-order valence-electron chi connectivity index (χ4n) is 4.65. The number of aryl methyl sites for hydroxylation is 1. The van der Waals surface area contributed by atoms with Crippen molar-refractivity contribution in [1.29, 1.82) is 5.26 Å². The second-order valence-electron chi connectivity index (χ2n) is 13.7. The number of aromatic nitrogens is 2. The van der Waals surface area contributed by atoms with Crippen LogP contribution >= 0.6 is 12.4 Å². The zero-order valence-corrected chi connectivity index (χ0v) is 42.3. The molecule has 0 spiro atoms. The first-order valence-corrected chi connectivity index (χ1v) is 23.3. The second-order valence-corrected chi connectivity index (χ2v) is 17.6. The minimum atomic E-state index is -6.09. The molecule has 7 rings (SSSR count). The molecule has 2 N–H and O–H groups in total. The zero-order chi connectivity index (χ0) is 49.4. The summed E-state index contributed by atoms with van der Waals surface area (Å²) in [5.74, 6) is -0.311. The number of carbonyl (C=O) groups is 1. The van der Waals surface area contributed by atoms with E-state index in [0.29, 0.717) is 28.6 Å². The number of halogens is 6. The number of nitriles is 1. The molecule has 376 valence electrons. The Bertz CT molecular complexity index is 2370. The number of ether oxygens (including phenoxy) is 3. The van der Waals surface area contributed by atoms with Gasteiger partial charge in [0.05, 0.1) is 45.2 Å². The summed E-state index contributed by atoms with van der Waals surface area (Å²) in [4.78, 5) is 16.9. The average Bonchev–Trinajstić information content (AvgIpc) is 3.54. The van der Waals surface area contributed by atoms with Gasteiger partial charge in [-0.3, -0.25) is 0 Å². The topological polar surface area (TPSA) is 249 Å². The molecule has 1 aromatic heterocycles. The molecule has 0 amide bonds. The molecule has 0 bridgehead atoms. The summed E-state index contributed by atoms with van der Waals surface area (Å²) in [7, 11) is -13.6. The minimum absolute atomic E-state index is 0. The molecule has 3 aliphatic rings. The molecule has 4 aromatic rings. The maximum atomic E-state index is 12.4. The van der Waals surface area contributed by atoms with E-state index in [2.05, 4.69) is 44.7 Å². The van der Waals surface area contributed by atoms with Crippen molar-refractivity contribution in [2.24, 2.45) is 7.05 Å². The largest absolute Gasteiger partial charge is 1.00 e. The van der Waals surface area contributed by atoms with E-state index in [1.54, 1.807) is 7.05 Å². The first kappa shape index (κ1) is 64.1. The van der Waals surface area contributed by atoms with Gasteiger partial charge < -0.3 is 30.8 Å². The quantitative estimate of drug-likeness (QED) is 0.0228. The van der Waals surface area contributed by atoms with Crippen molar-refractivity contribution < 1.29 is 115 Å². The summed E-state index contributed by atoms with van der Waals surface area (Å²) in [5.41, 5.74) is -2.12. The predicted molar refractivity (Wildman–Crippen MR) is 231 cm³/mol. The third-order valence-electron chi connectivity index (χ3n) is 8.57. The van der Waals surface area contributed by atoms with Crippen molar-refractivity contribution in [3.05, 3.63) is 126 Å². The summed E-state index contributed by atoms with van der Waals surface area (Å²) in [6, 6.07) is 30.1. The van der Waals surface area contributed by atoms with E-state index >= 15 is 0 Å². The van der Waals surface area contributed by atoms with Crippen LogP contribution in [0.25, 0.3) is 0 Å². The third-order valence-corrected chi connectivity index (χ3v) is 10.9. The predicted octanol–water partition coefficient (Wildman–Crippen LogP) is 0.687. The molecule has 3 aromatic carbocycles. The Kier molecular flexibility index (Phi) is 30.3. The first-order chi connectivity index (χ1) is 30.9. The molecule has 0 atom stereocenters. The molecule has 0 aliphatic carbocycles. The Labute approximate surface area is 422 Å². The van der Waals surface area contributed by atoms with Gasteiger partial charge in [0, 0.05) is 53.1 Å². The Morgan fingerprint density at radius 1 is 0.765 bits per heavy atom. The van der Waals surface area contributed by atoms with Crippen LogP contribution < -0.4 is 44.8 Å². The van der Waals surface area contributed by atoms with Crippen LogP contribution in [0.4, 0.5) is 20.9 Å². The molecule has 4 heterocycles. The maximum absolute atomic E-state index is 12.4. The first-order valence-electron chi connectivity index (χ1n) is 19.2. The number of carbonyl (C=O) groups excluding carboxylic acids is 1. The molecule has 3 fully saturated rings. The van der Waals surface area contributed by atoms with Gasteiger partial charge in [-0.25, -0.2) is 27.6 Å². The number of nitrogens with zero attached hydrogens (tertiary/aromatic N) is 4. The van der Waals surface area contributed by atoms with Crippen molar-refractivity contribution >= 4 is 49.3 Å². The van der Waals surface area contributed by atoms with E-state index in [4.69, 9.17) is 32.4 Å². The van der Waals surface area contributed by atoms with Gasteiger partial charge in [0.2, 0.25) is 0 Å². The molecule has 68 heavy (non-hydrogen) atoms. The molecule has 3 aliphatic heterocycles. The average molecular weight is 1060 g/mol. The van der Waals surface area contributed by atoms with Crippen molar-refractivity contribution in [1.82, 2.24) is 18.9 Å². The second kappa shape index (κ2) is 32.1. The van der Waals surface area contributed by atoms with Gasteiger partial charge in [-0.1, -0.05) is 103 Å². The molecule has 0 radical (unpaired) electrons.